The van der Waals surface area contributed by atoms with Crippen molar-refractivity contribution in [3.8, 4) is 0 Å². The largest absolute Gasteiger partial charge is 1.00 e. The smallest absolute Gasteiger partial charge is 1.00 e. The van der Waals surface area contributed by atoms with Crippen LogP contribution in [-0.2, 0) is 47.4 Å². The van der Waals surface area contributed by atoms with Gasteiger partial charge in [-0.15, -0.1) is 0 Å². The molecule has 0 aromatic heterocycles. The van der Waals surface area contributed by atoms with E-state index >= 15 is 0 Å². The molecule has 0 saturated carbocycles. The average molecular weight is 586 g/mol. The summed E-state index contributed by atoms with van der Waals surface area (Å²) in [4.78, 5) is 21.2. The van der Waals surface area contributed by atoms with Crippen LogP contribution >= 0.6 is 0 Å². The zero-order valence-electron chi connectivity index (χ0n) is 18.1. The summed E-state index contributed by atoms with van der Waals surface area (Å²) in [5.41, 5.74) is 0. The normalized spacial score (nSPS) is 26.9. The molecule has 0 N–H and O–H groups in total. The first-order valence-corrected chi connectivity index (χ1v) is 9.90. The van der Waals surface area contributed by atoms with Gasteiger partial charge >= 0.3 is 41.9 Å². The predicted octanol–water partition coefficient (Wildman–Crippen LogP) is -6.08. The van der Waals surface area contributed by atoms with Crippen molar-refractivity contribution in [2.45, 2.75) is 24.4 Å². The molecule has 4 aliphatic heterocycles. The van der Waals surface area contributed by atoms with Gasteiger partial charge in [-0.25, -0.2) is 9.59 Å². The predicted molar refractivity (Wildman–Crippen MR) is 95.2 cm³/mol. The Hall–Kier alpha value is 0.0300. The molecule has 0 aromatic rings. The van der Waals surface area contributed by atoms with Gasteiger partial charge in [0.1, 0.15) is 25.4 Å². The fraction of sp³-hybridized carbons (Fsp3) is 0.889. The van der Waals surface area contributed by atoms with Crippen LogP contribution in [0.5, 0.6) is 0 Å². The summed E-state index contributed by atoms with van der Waals surface area (Å²) in [6, 6.07) is 0. The number of ether oxygens (including phenoxy) is 10. The maximum absolute atomic E-state index is 10.6. The van der Waals surface area contributed by atoms with Crippen LogP contribution in [0.4, 0.5) is 9.59 Å². The Bertz CT molecular complexity index is 488. The van der Waals surface area contributed by atoms with Crippen molar-refractivity contribution in [1.82, 2.24) is 0 Å². The molecule has 0 amide bonds. The molecule has 4 rings (SSSR count). The number of hydrogen-bond acceptors (Lipinski definition) is 12. The van der Waals surface area contributed by atoms with Crippen LogP contribution in [-0.4, -0.2) is 116 Å². The minimum Gasteiger partial charge on any atom is -1.00 e. The third kappa shape index (κ3) is 14.3. The summed E-state index contributed by atoms with van der Waals surface area (Å²) < 4.78 is 49.6. The molecule has 0 spiro atoms. The van der Waals surface area contributed by atoms with E-state index in [2.05, 4.69) is 9.47 Å². The van der Waals surface area contributed by atoms with Gasteiger partial charge in [0.05, 0.1) is 66.1 Å². The van der Waals surface area contributed by atoms with E-state index in [-0.39, 0.29) is 92.2 Å². The molecule has 14 heteroatoms. The molecule has 0 aromatic carbocycles. The van der Waals surface area contributed by atoms with Gasteiger partial charge in [-0.3, -0.25) is 0 Å². The molecule has 180 valence electrons. The monoisotopic (exact) mass is 586 g/mol. The SMILES string of the molecule is C(COCC1CO1)OCC1CO1.O=C1OCC(COCCOCC2COC(=O)O2)O1.[I-].[Na+]. The third-order valence-corrected chi connectivity index (χ3v) is 4.06. The third-order valence-electron chi connectivity index (χ3n) is 4.06. The second-order valence-corrected chi connectivity index (χ2v) is 6.81. The van der Waals surface area contributed by atoms with E-state index in [1.54, 1.807) is 0 Å². The Balaban J connectivity index is 0.000000321. The Morgan fingerprint density at radius 2 is 0.906 bits per heavy atom. The second kappa shape index (κ2) is 17.5. The Labute approximate surface area is 225 Å². The van der Waals surface area contributed by atoms with Crippen LogP contribution in [0.2, 0.25) is 0 Å². The molecule has 4 unspecified atom stereocenters. The molecule has 4 fully saturated rings. The van der Waals surface area contributed by atoms with Gasteiger partial charge in [-0.2, -0.15) is 0 Å². The van der Waals surface area contributed by atoms with E-state index in [1.165, 1.54) is 0 Å². The summed E-state index contributed by atoms with van der Waals surface area (Å²) in [5.74, 6) is 0. The van der Waals surface area contributed by atoms with E-state index in [4.69, 9.17) is 37.9 Å². The van der Waals surface area contributed by atoms with Crippen molar-refractivity contribution >= 4 is 12.3 Å². The van der Waals surface area contributed by atoms with Crippen LogP contribution in [0.25, 0.3) is 0 Å². The maximum atomic E-state index is 10.6. The molecule has 0 aliphatic carbocycles. The first-order chi connectivity index (χ1) is 14.7. The summed E-state index contributed by atoms with van der Waals surface area (Å²) >= 11 is 0. The van der Waals surface area contributed by atoms with Gasteiger partial charge in [0.25, 0.3) is 0 Å². The minimum absolute atomic E-state index is 0. The van der Waals surface area contributed by atoms with Gasteiger partial charge in [-0.1, -0.05) is 0 Å². The van der Waals surface area contributed by atoms with Crippen molar-refractivity contribution in [3.05, 3.63) is 0 Å². The summed E-state index contributed by atoms with van der Waals surface area (Å²) in [7, 11) is 0. The van der Waals surface area contributed by atoms with Crippen molar-refractivity contribution in [3.63, 3.8) is 0 Å². The maximum Gasteiger partial charge on any atom is 1.00 e. The number of carbonyl (C=O) groups excluding carboxylic acids is 2. The van der Waals surface area contributed by atoms with Crippen molar-refractivity contribution in [2.24, 2.45) is 0 Å². The van der Waals surface area contributed by atoms with Crippen LogP contribution < -0.4 is 53.5 Å². The van der Waals surface area contributed by atoms with Crippen molar-refractivity contribution in [2.75, 3.05) is 79.3 Å². The molecular weight excluding hydrogens is 558 g/mol. The average Bonchev–Trinajstić information content (AvgIpc) is 3.65. The molecule has 4 atom stereocenters. The van der Waals surface area contributed by atoms with Crippen LogP contribution in [0.3, 0.4) is 0 Å². The summed E-state index contributed by atoms with van der Waals surface area (Å²) in [6.07, 6.45) is -1.30. The van der Waals surface area contributed by atoms with Gasteiger partial charge in [0.15, 0.2) is 12.2 Å². The van der Waals surface area contributed by atoms with Gasteiger partial charge in [-0.05, 0) is 0 Å². The fourth-order valence-corrected chi connectivity index (χ4v) is 2.32. The zero-order chi connectivity index (χ0) is 21.0. The molecule has 12 nitrogen and oxygen atoms in total. The number of carbonyl (C=O) groups is 2. The minimum atomic E-state index is -0.664. The number of epoxide rings is 2. The van der Waals surface area contributed by atoms with E-state index in [9.17, 15) is 9.59 Å². The van der Waals surface area contributed by atoms with Crippen LogP contribution in [0, 0.1) is 0 Å². The van der Waals surface area contributed by atoms with Crippen LogP contribution in [0.15, 0.2) is 0 Å². The summed E-state index contributed by atoms with van der Waals surface area (Å²) in [5, 5.41) is 0. The Kier molecular flexibility index (Phi) is 16.4. The number of rotatable bonds is 14. The molecule has 0 radical (unpaired) electrons. The first-order valence-electron chi connectivity index (χ1n) is 9.90. The fourth-order valence-electron chi connectivity index (χ4n) is 2.32. The topological polar surface area (TPSA) is 133 Å². The zero-order valence-corrected chi connectivity index (χ0v) is 22.2. The van der Waals surface area contributed by atoms with Gasteiger partial charge in [0, 0.05) is 0 Å². The van der Waals surface area contributed by atoms with Gasteiger partial charge < -0.3 is 71.3 Å². The number of hydrogen-bond donors (Lipinski definition) is 0. The van der Waals surface area contributed by atoms with Gasteiger partial charge in [0.2, 0.25) is 0 Å². The Morgan fingerprint density at radius 1 is 0.594 bits per heavy atom. The first kappa shape index (κ1) is 30.1. The molecule has 32 heavy (non-hydrogen) atoms. The van der Waals surface area contributed by atoms with E-state index in [0.717, 1.165) is 13.2 Å². The van der Waals surface area contributed by atoms with E-state index < -0.39 is 12.3 Å². The Morgan fingerprint density at radius 3 is 1.16 bits per heavy atom. The second-order valence-electron chi connectivity index (χ2n) is 6.81. The van der Waals surface area contributed by atoms with Crippen molar-refractivity contribution in [1.29, 1.82) is 0 Å². The van der Waals surface area contributed by atoms with E-state index in [0.29, 0.717) is 51.8 Å². The number of cyclic esters (lactones) is 4. The molecular formula is C18H28INaO12. The molecule has 4 heterocycles. The van der Waals surface area contributed by atoms with Crippen molar-refractivity contribution < 1.29 is 110 Å². The summed E-state index contributed by atoms with van der Waals surface area (Å²) in [6.45, 7) is 6.15. The van der Waals surface area contributed by atoms with E-state index in [1.807, 2.05) is 0 Å². The standard InChI is InChI=1S/C10H14O8.C8H14O4.HI.Na/c11-9-15-5-7(17-9)3-13-1-2-14-4-8-6-16-10(12)18-8;1(9-3-7-5-11-7)2-10-4-8-6-12-8;;/h7-8H,1-6H2;7-8H,1-6H2;1H;/q;;;+1/p-1. The number of halogens is 1. The quantitative estimate of drug-likeness (QED) is 0.0631. The molecule has 4 aliphatic rings. The molecule has 4 saturated heterocycles. The van der Waals surface area contributed by atoms with Crippen LogP contribution in [0.1, 0.15) is 0 Å². The molecule has 0 bridgehead atoms.